The average molecular weight is 345 g/mol. The first-order chi connectivity index (χ1) is 11.1. The van der Waals surface area contributed by atoms with Crippen molar-refractivity contribution in [2.24, 2.45) is 5.10 Å². The third-order valence-corrected chi connectivity index (χ3v) is 4.61. The number of carbonyl (C=O) groups is 1. The highest BCUT2D eigenvalue weighted by Crippen LogP contribution is 2.21. The molecule has 7 heteroatoms. The molecule has 5 nitrogen and oxygen atoms in total. The highest BCUT2D eigenvalue weighted by Gasteiger charge is 2.15. The lowest BCUT2D eigenvalue weighted by molar-refractivity contribution is 0.0958. The predicted molar refractivity (Wildman–Crippen MR) is 92.7 cm³/mol. The summed E-state index contributed by atoms with van der Waals surface area (Å²) in [5, 5.41) is 5.28. The van der Waals surface area contributed by atoms with Crippen LogP contribution in [-0.4, -0.2) is 21.7 Å². The van der Waals surface area contributed by atoms with Crippen molar-refractivity contribution < 1.29 is 4.79 Å². The molecule has 1 amide bonds. The Hall–Kier alpha value is -2.44. The molecular weight excluding hydrogens is 332 g/mol. The molecule has 3 aromatic rings. The van der Waals surface area contributed by atoms with Crippen LogP contribution in [0.3, 0.4) is 0 Å². The van der Waals surface area contributed by atoms with Crippen LogP contribution in [0.15, 0.2) is 53.9 Å². The maximum Gasteiger partial charge on any atom is 0.283 e. The van der Waals surface area contributed by atoms with Gasteiger partial charge in [0.1, 0.15) is 4.88 Å². The number of amides is 1. The average Bonchev–Trinajstić information content (AvgIpc) is 3.18. The molecule has 0 aliphatic carbocycles. The van der Waals surface area contributed by atoms with E-state index in [-0.39, 0.29) is 5.91 Å². The van der Waals surface area contributed by atoms with E-state index < -0.39 is 0 Å². The summed E-state index contributed by atoms with van der Waals surface area (Å²) in [5.41, 5.74) is 3.92. The number of hydrogen-bond acceptors (Lipinski definition) is 4. The van der Waals surface area contributed by atoms with Gasteiger partial charge in [-0.3, -0.25) is 4.79 Å². The van der Waals surface area contributed by atoms with Crippen LogP contribution in [0, 0.1) is 6.92 Å². The van der Waals surface area contributed by atoms with Crippen molar-refractivity contribution in [3.05, 3.63) is 69.9 Å². The van der Waals surface area contributed by atoms with Crippen LogP contribution in [0.4, 0.5) is 0 Å². The fraction of sp³-hybridized carbons (Fsp3) is 0.0625. The van der Waals surface area contributed by atoms with E-state index in [9.17, 15) is 4.79 Å². The van der Waals surface area contributed by atoms with Crippen molar-refractivity contribution in [1.82, 2.24) is 15.0 Å². The third-order valence-electron chi connectivity index (χ3n) is 3.09. The molecule has 3 rings (SSSR count). The summed E-state index contributed by atoms with van der Waals surface area (Å²) in [5.74, 6) is -0.290. The number of aromatic nitrogens is 2. The Kier molecular flexibility index (Phi) is 4.55. The zero-order chi connectivity index (χ0) is 16.2. The van der Waals surface area contributed by atoms with Gasteiger partial charge >= 0.3 is 0 Å². The second-order valence-corrected chi connectivity index (χ2v) is 6.11. The molecule has 0 radical (unpaired) electrons. The van der Waals surface area contributed by atoms with Crippen molar-refractivity contribution >= 4 is 35.1 Å². The van der Waals surface area contributed by atoms with Crippen molar-refractivity contribution in [3.8, 4) is 5.13 Å². The van der Waals surface area contributed by atoms with Crippen LogP contribution in [0.25, 0.3) is 5.13 Å². The number of halogens is 1. The largest absolute Gasteiger partial charge is 0.300 e. The molecule has 1 aromatic carbocycles. The van der Waals surface area contributed by atoms with Gasteiger partial charge in [-0.1, -0.05) is 41.1 Å². The summed E-state index contributed by atoms with van der Waals surface area (Å²) in [6.07, 6.45) is 5.29. The Morgan fingerprint density at radius 3 is 2.78 bits per heavy atom. The highest BCUT2D eigenvalue weighted by molar-refractivity contribution is 7.16. The van der Waals surface area contributed by atoms with Gasteiger partial charge in [0, 0.05) is 23.0 Å². The molecule has 0 saturated heterocycles. The van der Waals surface area contributed by atoms with Crippen LogP contribution < -0.4 is 5.43 Å². The summed E-state index contributed by atoms with van der Waals surface area (Å²) in [6, 6.07) is 11.1. The van der Waals surface area contributed by atoms with Gasteiger partial charge in [-0.2, -0.15) is 5.10 Å². The van der Waals surface area contributed by atoms with Crippen LogP contribution >= 0.6 is 22.9 Å². The molecule has 0 atom stereocenters. The van der Waals surface area contributed by atoms with Crippen LogP contribution in [0.1, 0.15) is 20.9 Å². The number of benzene rings is 1. The third kappa shape index (κ3) is 3.49. The van der Waals surface area contributed by atoms with E-state index in [0.29, 0.717) is 15.6 Å². The number of carbonyl (C=O) groups excluding carboxylic acids is 1. The number of rotatable bonds is 4. The lowest BCUT2D eigenvalue weighted by Crippen LogP contribution is -2.17. The van der Waals surface area contributed by atoms with Gasteiger partial charge < -0.3 is 4.57 Å². The quantitative estimate of drug-likeness (QED) is 0.580. The Bertz CT molecular complexity index is 855. The predicted octanol–water partition coefficient (Wildman–Crippen LogP) is 3.66. The second kappa shape index (κ2) is 6.76. The van der Waals surface area contributed by atoms with Gasteiger partial charge in [0.25, 0.3) is 5.91 Å². The van der Waals surface area contributed by atoms with Crippen molar-refractivity contribution in [2.45, 2.75) is 6.92 Å². The lowest BCUT2D eigenvalue weighted by Gasteiger charge is -1.98. The van der Waals surface area contributed by atoms with Crippen LogP contribution in [0.5, 0.6) is 0 Å². The van der Waals surface area contributed by atoms with E-state index in [0.717, 1.165) is 10.7 Å². The first kappa shape index (κ1) is 15.5. The van der Waals surface area contributed by atoms with E-state index in [2.05, 4.69) is 15.5 Å². The molecule has 23 heavy (non-hydrogen) atoms. The fourth-order valence-electron chi connectivity index (χ4n) is 1.96. The van der Waals surface area contributed by atoms with Gasteiger partial charge in [-0.25, -0.2) is 10.4 Å². The summed E-state index contributed by atoms with van der Waals surface area (Å²) in [4.78, 5) is 17.2. The molecule has 0 aliphatic heterocycles. The molecule has 0 unspecified atom stereocenters. The van der Waals surface area contributed by atoms with Crippen LogP contribution in [0.2, 0.25) is 5.02 Å². The molecule has 1 N–H and O–H groups in total. The maximum atomic E-state index is 12.2. The van der Waals surface area contributed by atoms with Gasteiger partial charge in [-0.15, -0.1) is 0 Å². The summed E-state index contributed by atoms with van der Waals surface area (Å²) in [7, 11) is 0. The molecule has 116 valence electrons. The smallest absolute Gasteiger partial charge is 0.283 e. The molecule has 0 saturated carbocycles. The molecular formula is C16H13ClN4OS. The van der Waals surface area contributed by atoms with Crippen molar-refractivity contribution in [2.75, 3.05) is 0 Å². The minimum atomic E-state index is -0.290. The van der Waals surface area contributed by atoms with Crippen molar-refractivity contribution in [1.29, 1.82) is 0 Å². The standard InChI is InChI=1S/C16H13ClN4OS/c1-11-14(23-16(19-11)21-8-4-5-9-21)15(22)20-18-10-12-6-2-3-7-13(12)17/h2-10H,1H3,(H,20,22)/b18-10-. The molecule has 0 fully saturated rings. The summed E-state index contributed by atoms with van der Waals surface area (Å²) < 4.78 is 1.86. The number of hydrazone groups is 1. The van der Waals surface area contributed by atoms with E-state index in [1.807, 2.05) is 47.3 Å². The highest BCUT2D eigenvalue weighted by atomic mass is 35.5. The Morgan fingerprint density at radius 1 is 1.30 bits per heavy atom. The molecule has 0 aliphatic rings. The first-order valence-corrected chi connectivity index (χ1v) is 8.03. The normalized spacial score (nSPS) is 11.0. The minimum absolute atomic E-state index is 0.290. The van der Waals surface area contributed by atoms with Gasteiger partial charge in [0.05, 0.1) is 11.9 Å². The molecule has 2 heterocycles. The zero-order valence-corrected chi connectivity index (χ0v) is 13.8. The number of aryl methyl sites for hydroxylation is 1. The monoisotopic (exact) mass is 344 g/mol. The van der Waals surface area contributed by atoms with E-state index in [1.165, 1.54) is 17.6 Å². The van der Waals surface area contributed by atoms with Crippen LogP contribution in [-0.2, 0) is 0 Å². The topological polar surface area (TPSA) is 59.3 Å². The van der Waals surface area contributed by atoms with Gasteiger partial charge in [0.15, 0.2) is 5.13 Å². The Labute approximate surface area is 142 Å². The van der Waals surface area contributed by atoms with E-state index >= 15 is 0 Å². The number of hydrogen-bond donors (Lipinski definition) is 1. The van der Waals surface area contributed by atoms with E-state index in [1.54, 1.807) is 13.0 Å². The van der Waals surface area contributed by atoms with Crippen molar-refractivity contribution in [3.63, 3.8) is 0 Å². The fourth-order valence-corrected chi connectivity index (χ4v) is 3.06. The number of thiazole rings is 1. The summed E-state index contributed by atoms with van der Waals surface area (Å²) in [6.45, 7) is 1.80. The number of nitrogens with zero attached hydrogens (tertiary/aromatic N) is 3. The van der Waals surface area contributed by atoms with E-state index in [4.69, 9.17) is 11.6 Å². The molecule has 0 bridgehead atoms. The second-order valence-electron chi connectivity index (χ2n) is 4.72. The molecule has 0 spiro atoms. The lowest BCUT2D eigenvalue weighted by atomic mass is 10.2. The number of nitrogens with one attached hydrogen (secondary N) is 1. The Balaban J connectivity index is 1.73. The molecule has 2 aromatic heterocycles. The Morgan fingerprint density at radius 2 is 2.04 bits per heavy atom. The SMILES string of the molecule is Cc1nc(-n2cccc2)sc1C(=O)N/N=C\c1ccccc1Cl. The zero-order valence-electron chi connectivity index (χ0n) is 12.2. The minimum Gasteiger partial charge on any atom is -0.300 e. The summed E-state index contributed by atoms with van der Waals surface area (Å²) >= 11 is 7.34. The maximum absolute atomic E-state index is 12.2. The van der Waals surface area contributed by atoms with Gasteiger partial charge in [0.2, 0.25) is 0 Å². The van der Waals surface area contributed by atoms with Gasteiger partial charge in [-0.05, 0) is 25.1 Å². The first-order valence-electron chi connectivity index (χ1n) is 6.84.